The van der Waals surface area contributed by atoms with Crippen molar-refractivity contribution in [1.82, 2.24) is 9.97 Å². The molecular weight excluding hydrogens is 346 g/mol. The third kappa shape index (κ3) is 4.30. The Bertz CT molecular complexity index is 852. The summed E-state index contributed by atoms with van der Waals surface area (Å²) in [6.07, 6.45) is 1.47. The molecule has 24 heavy (non-hydrogen) atoms. The van der Waals surface area contributed by atoms with Crippen LogP contribution in [0.5, 0.6) is 0 Å². The maximum absolute atomic E-state index is 11.8. The molecule has 122 valence electrons. The fraction of sp³-hybridized carbons (Fsp3) is 0.125. The van der Waals surface area contributed by atoms with Crippen molar-refractivity contribution >= 4 is 50.9 Å². The van der Waals surface area contributed by atoms with Gasteiger partial charge in [0.2, 0.25) is 0 Å². The molecule has 0 spiro atoms. The lowest BCUT2D eigenvalue weighted by molar-refractivity contribution is -0.144. The van der Waals surface area contributed by atoms with Gasteiger partial charge in [-0.25, -0.2) is 9.97 Å². The Morgan fingerprint density at radius 2 is 2.00 bits per heavy atom. The topological polar surface area (TPSA) is 81.2 Å². The van der Waals surface area contributed by atoms with Crippen LogP contribution in [0.3, 0.4) is 0 Å². The van der Waals surface area contributed by atoms with Crippen molar-refractivity contribution in [2.24, 2.45) is 0 Å². The highest BCUT2D eigenvalue weighted by Gasteiger charge is 2.11. The molecule has 0 bridgehead atoms. The van der Waals surface area contributed by atoms with Crippen LogP contribution < -0.4 is 5.32 Å². The van der Waals surface area contributed by atoms with Gasteiger partial charge in [0.25, 0.3) is 5.91 Å². The Morgan fingerprint density at radius 1 is 1.17 bits per heavy atom. The summed E-state index contributed by atoms with van der Waals surface area (Å²) in [6.45, 7) is -0.314. The number of nitrogens with one attached hydrogen (secondary N) is 1. The Morgan fingerprint density at radius 3 is 2.83 bits per heavy atom. The van der Waals surface area contributed by atoms with E-state index in [0.29, 0.717) is 5.69 Å². The maximum Gasteiger partial charge on any atom is 0.316 e. The normalized spacial score (nSPS) is 10.5. The summed E-state index contributed by atoms with van der Waals surface area (Å²) in [5, 5.41) is 6.22. The van der Waals surface area contributed by atoms with E-state index in [4.69, 9.17) is 4.74 Å². The fourth-order valence-electron chi connectivity index (χ4n) is 1.92. The van der Waals surface area contributed by atoms with Crippen molar-refractivity contribution in [2.75, 3.05) is 17.7 Å². The highest BCUT2D eigenvalue weighted by molar-refractivity contribution is 8.00. The molecule has 6 nitrogen and oxygen atoms in total. The molecule has 0 atom stereocenters. The molecular formula is C16H13N3O3S2. The van der Waals surface area contributed by atoms with E-state index in [1.807, 2.05) is 29.6 Å². The van der Waals surface area contributed by atoms with Crippen LogP contribution in [0.25, 0.3) is 10.2 Å². The van der Waals surface area contributed by atoms with Gasteiger partial charge in [-0.3, -0.25) is 9.59 Å². The molecule has 1 amide bonds. The molecule has 0 fully saturated rings. The van der Waals surface area contributed by atoms with Crippen LogP contribution in [0.2, 0.25) is 0 Å². The highest BCUT2D eigenvalue weighted by Crippen LogP contribution is 2.27. The van der Waals surface area contributed by atoms with Gasteiger partial charge in [0, 0.05) is 11.1 Å². The summed E-state index contributed by atoms with van der Waals surface area (Å²) in [6, 6.07) is 10.9. The Labute approximate surface area is 146 Å². The first-order chi connectivity index (χ1) is 11.7. The minimum absolute atomic E-state index is 0.0839. The molecule has 0 saturated heterocycles. The number of carbonyl (C=O) groups is 2. The molecule has 8 heteroatoms. The fourth-order valence-corrected chi connectivity index (χ4v) is 3.49. The molecule has 0 aliphatic rings. The maximum atomic E-state index is 11.8. The summed E-state index contributed by atoms with van der Waals surface area (Å²) in [4.78, 5) is 32.7. The molecule has 3 aromatic rings. The SMILES string of the molecule is O=C(COC(=O)CSc1ncnc2sccc12)Nc1ccccc1. The van der Waals surface area contributed by atoms with E-state index in [0.717, 1.165) is 15.2 Å². The summed E-state index contributed by atoms with van der Waals surface area (Å²) in [7, 11) is 0. The van der Waals surface area contributed by atoms with Gasteiger partial charge in [-0.05, 0) is 23.6 Å². The van der Waals surface area contributed by atoms with Crippen molar-refractivity contribution in [3.63, 3.8) is 0 Å². The zero-order chi connectivity index (χ0) is 16.8. The number of ether oxygens (including phenoxy) is 1. The molecule has 2 aromatic heterocycles. The second-order valence-corrected chi connectivity index (χ2v) is 6.54. The summed E-state index contributed by atoms with van der Waals surface area (Å²) in [5.41, 5.74) is 0.661. The van der Waals surface area contributed by atoms with Crippen molar-refractivity contribution in [3.05, 3.63) is 48.1 Å². The number of amides is 1. The largest absolute Gasteiger partial charge is 0.455 e. The Kier molecular flexibility index (Phi) is 5.39. The number of rotatable bonds is 6. The second-order valence-electron chi connectivity index (χ2n) is 4.68. The van der Waals surface area contributed by atoms with Crippen LogP contribution in [-0.4, -0.2) is 34.2 Å². The van der Waals surface area contributed by atoms with Gasteiger partial charge in [-0.2, -0.15) is 0 Å². The number of thiophene rings is 1. The van der Waals surface area contributed by atoms with Crippen molar-refractivity contribution in [1.29, 1.82) is 0 Å². The van der Waals surface area contributed by atoms with E-state index in [-0.39, 0.29) is 18.3 Å². The third-order valence-corrected chi connectivity index (χ3v) is 4.77. The van der Waals surface area contributed by atoms with E-state index in [1.165, 1.54) is 29.4 Å². The number of para-hydroxylation sites is 1. The van der Waals surface area contributed by atoms with Crippen LogP contribution in [0.15, 0.2) is 53.1 Å². The number of anilines is 1. The van der Waals surface area contributed by atoms with Crippen molar-refractivity contribution < 1.29 is 14.3 Å². The molecule has 1 aromatic carbocycles. The summed E-state index contributed by atoms with van der Waals surface area (Å²) < 4.78 is 4.98. The molecule has 0 unspecified atom stereocenters. The first kappa shape index (κ1) is 16.4. The number of thioether (sulfide) groups is 1. The van der Waals surface area contributed by atoms with E-state index in [9.17, 15) is 9.59 Å². The number of hydrogen-bond acceptors (Lipinski definition) is 7. The van der Waals surface area contributed by atoms with Crippen LogP contribution in [0, 0.1) is 0 Å². The minimum Gasteiger partial charge on any atom is -0.455 e. The Balaban J connectivity index is 1.46. The number of fused-ring (bicyclic) bond motifs is 1. The number of carbonyl (C=O) groups excluding carboxylic acids is 2. The van der Waals surface area contributed by atoms with Crippen LogP contribution in [-0.2, 0) is 14.3 Å². The standard InChI is InChI=1S/C16H13N3O3S2/c20-13(19-11-4-2-1-3-5-11)8-22-14(21)9-24-16-12-6-7-23-15(12)17-10-18-16/h1-7,10H,8-9H2,(H,19,20). The van der Waals surface area contributed by atoms with Gasteiger partial charge in [0.15, 0.2) is 6.61 Å². The molecule has 0 saturated carbocycles. The van der Waals surface area contributed by atoms with Gasteiger partial charge in [-0.15, -0.1) is 11.3 Å². The van der Waals surface area contributed by atoms with Gasteiger partial charge in [-0.1, -0.05) is 30.0 Å². The first-order valence-corrected chi connectivity index (χ1v) is 8.90. The molecule has 0 aliphatic heterocycles. The number of nitrogens with zero attached hydrogens (tertiary/aromatic N) is 2. The lowest BCUT2D eigenvalue weighted by atomic mass is 10.3. The van der Waals surface area contributed by atoms with Crippen molar-refractivity contribution in [2.45, 2.75) is 5.03 Å². The molecule has 3 rings (SSSR count). The predicted molar refractivity (Wildman–Crippen MR) is 94.2 cm³/mol. The van der Waals surface area contributed by atoms with Crippen molar-refractivity contribution in [3.8, 4) is 0 Å². The zero-order valence-corrected chi connectivity index (χ0v) is 14.1. The Hall–Kier alpha value is -2.45. The number of hydrogen-bond donors (Lipinski definition) is 1. The average molecular weight is 359 g/mol. The van der Waals surface area contributed by atoms with Crippen LogP contribution in [0.4, 0.5) is 5.69 Å². The van der Waals surface area contributed by atoms with E-state index in [2.05, 4.69) is 15.3 Å². The van der Waals surface area contributed by atoms with E-state index < -0.39 is 5.97 Å². The van der Waals surface area contributed by atoms with Crippen LogP contribution >= 0.6 is 23.1 Å². The lowest BCUT2D eigenvalue weighted by Gasteiger charge is -2.06. The third-order valence-electron chi connectivity index (χ3n) is 2.97. The monoisotopic (exact) mass is 359 g/mol. The predicted octanol–water partition coefficient (Wildman–Crippen LogP) is 2.97. The summed E-state index contributed by atoms with van der Waals surface area (Å²) in [5.74, 6) is -0.757. The lowest BCUT2D eigenvalue weighted by Crippen LogP contribution is -2.21. The second kappa shape index (κ2) is 7.89. The van der Waals surface area contributed by atoms with Gasteiger partial charge in [0.1, 0.15) is 16.2 Å². The first-order valence-electron chi connectivity index (χ1n) is 7.04. The quantitative estimate of drug-likeness (QED) is 0.414. The van der Waals surface area contributed by atoms with Gasteiger partial charge < -0.3 is 10.1 Å². The minimum atomic E-state index is -0.467. The smallest absolute Gasteiger partial charge is 0.316 e. The highest BCUT2D eigenvalue weighted by atomic mass is 32.2. The van der Waals surface area contributed by atoms with E-state index in [1.54, 1.807) is 12.1 Å². The molecule has 1 N–H and O–H groups in total. The van der Waals surface area contributed by atoms with Crippen LogP contribution in [0.1, 0.15) is 0 Å². The number of benzene rings is 1. The molecule has 2 heterocycles. The van der Waals surface area contributed by atoms with E-state index >= 15 is 0 Å². The number of aromatic nitrogens is 2. The molecule has 0 radical (unpaired) electrons. The number of esters is 1. The van der Waals surface area contributed by atoms with Gasteiger partial charge in [0.05, 0.1) is 5.75 Å². The summed E-state index contributed by atoms with van der Waals surface area (Å²) >= 11 is 2.78. The molecule has 0 aliphatic carbocycles. The average Bonchev–Trinajstić information content (AvgIpc) is 3.08. The van der Waals surface area contributed by atoms with Gasteiger partial charge >= 0.3 is 5.97 Å². The zero-order valence-electron chi connectivity index (χ0n) is 12.5.